The predicted octanol–water partition coefficient (Wildman–Crippen LogP) is 3.60. The lowest BCUT2D eigenvalue weighted by atomic mass is 10.1. The fourth-order valence-electron chi connectivity index (χ4n) is 1.82. The summed E-state index contributed by atoms with van der Waals surface area (Å²) >= 11 is 1.69. The van der Waals surface area contributed by atoms with Crippen molar-refractivity contribution < 1.29 is 9.94 Å². The maximum Gasteiger partial charge on any atom is 0.170 e. The molecule has 0 fully saturated rings. The van der Waals surface area contributed by atoms with Crippen LogP contribution < -0.4 is 10.5 Å². The van der Waals surface area contributed by atoms with E-state index in [9.17, 15) is 0 Å². The van der Waals surface area contributed by atoms with Crippen molar-refractivity contribution >= 4 is 17.6 Å². The van der Waals surface area contributed by atoms with Crippen LogP contribution in [-0.2, 0) is 0 Å². The summed E-state index contributed by atoms with van der Waals surface area (Å²) in [5.41, 5.74) is 7.17. The van der Waals surface area contributed by atoms with Gasteiger partial charge in [-0.3, -0.25) is 0 Å². The molecule has 2 aromatic carbocycles. The molecule has 5 heteroatoms. The zero-order chi connectivity index (χ0) is 14.5. The second-order valence-corrected chi connectivity index (χ2v) is 5.12. The summed E-state index contributed by atoms with van der Waals surface area (Å²) in [6.07, 6.45) is 2.03. The lowest BCUT2D eigenvalue weighted by Gasteiger charge is -2.09. The molecule has 0 aliphatic carbocycles. The number of nitrogens with zero attached hydrogens (tertiary/aromatic N) is 1. The predicted molar refractivity (Wildman–Crippen MR) is 82.0 cm³/mol. The first kappa shape index (κ1) is 14.3. The van der Waals surface area contributed by atoms with E-state index < -0.39 is 0 Å². The molecule has 0 bridgehead atoms. The largest absolute Gasteiger partial charge is 0.457 e. The Morgan fingerprint density at radius 1 is 1.15 bits per heavy atom. The number of thioether (sulfide) groups is 1. The fraction of sp³-hybridized carbons (Fsp3) is 0.133. The Labute approximate surface area is 122 Å². The number of aryl methyl sites for hydroxylation is 1. The minimum Gasteiger partial charge on any atom is -0.457 e. The molecule has 0 unspecified atom stereocenters. The molecule has 2 aromatic rings. The van der Waals surface area contributed by atoms with Crippen LogP contribution in [0.4, 0.5) is 0 Å². The number of rotatable bonds is 4. The van der Waals surface area contributed by atoms with Crippen LogP contribution >= 0.6 is 11.8 Å². The molecule has 4 nitrogen and oxygen atoms in total. The Balaban J connectivity index is 2.19. The first-order valence-electron chi connectivity index (χ1n) is 6.04. The summed E-state index contributed by atoms with van der Waals surface area (Å²) in [5.74, 6) is 1.59. The average molecular weight is 288 g/mol. The molecule has 0 saturated heterocycles. The SMILES string of the molecule is CSc1ccc(Oc2ccc(/C(N)=N/O)c(C)c2)cc1. The van der Waals surface area contributed by atoms with Gasteiger partial charge in [-0.1, -0.05) is 5.16 Å². The number of ether oxygens (including phenoxy) is 1. The Hall–Kier alpha value is -2.14. The van der Waals surface area contributed by atoms with Gasteiger partial charge in [0, 0.05) is 10.5 Å². The van der Waals surface area contributed by atoms with Gasteiger partial charge < -0.3 is 15.7 Å². The first-order valence-corrected chi connectivity index (χ1v) is 7.27. The Morgan fingerprint density at radius 3 is 2.35 bits per heavy atom. The lowest BCUT2D eigenvalue weighted by molar-refractivity contribution is 0.318. The average Bonchev–Trinajstić information content (AvgIpc) is 2.47. The van der Waals surface area contributed by atoms with E-state index in [1.165, 1.54) is 4.90 Å². The maximum absolute atomic E-state index is 8.70. The lowest BCUT2D eigenvalue weighted by Crippen LogP contribution is -2.14. The van der Waals surface area contributed by atoms with Crippen molar-refractivity contribution in [2.75, 3.05) is 6.26 Å². The van der Waals surface area contributed by atoms with Crippen LogP contribution in [0.15, 0.2) is 52.5 Å². The fourth-order valence-corrected chi connectivity index (χ4v) is 2.23. The molecule has 104 valence electrons. The zero-order valence-electron chi connectivity index (χ0n) is 11.3. The normalized spacial score (nSPS) is 11.4. The molecule has 0 aliphatic rings. The van der Waals surface area contributed by atoms with E-state index in [4.69, 9.17) is 15.7 Å². The van der Waals surface area contributed by atoms with E-state index in [2.05, 4.69) is 5.16 Å². The highest BCUT2D eigenvalue weighted by atomic mass is 32.2. The standard InChI is InChI=1S/C15H16N2O2S/c1-10-9-12(5-8-14(10)15(16)17-18)19-11-3-6-13(20-2)7-4-11/h3-9,18H,1-2H3,(H2,16,17). The summed E-state index contributed by atoms with van der Waals surface area (Å²) in [6.45, 7) is 1.89. The quantitative estimate of drug-likeness (QED) is 0.296. The van der Waals surface area contributed by atoms with Crippen molar-refractivity contribution in [1.82, 2.24) is 0 Å². The van der Waals surface area contributed by atoms with E-state index in [-0.39, 0.29) is 5.84 Å². The third kappa shape index (κ3) is 3.24. The highest BCUT2D eigenvalue weighted by Crippen LogP contribution is 2.25. The molecule has 0 aromatic heterocycles. The van der Waals surface area contributed by atoms with Crippen molar-refractivity contribution in [3.8, 4) is 11.5 Å². The van der Waals surface area contributed by atoms with E-state index in [1.54, 1.807) is 23.9 Å². The zero-order valence-corrected chi connectivity index (χ0v) is 12.1. The van der Waals surface area contributed by atoms with Crippen LogP contribution in [0, 0.1) is 6.92 Å². The van der Waals surface area contributed by atoms with E-state index in [1.807, 2.05) is 43.5 Å². The molecule has 2 rings (SSSR count). The molecule has 0 atom stereocenters. The maximum atomic E-state index is 8.70. The smallest absolute Gasteiger partial charge is 0.170 e. The summed E-state index contributed by atoms with van der Waals surface area (Å²) in [4.78, 5) is 1.19. The van der Waals surface area contributed by atoms with E-state index in [0.29, 0.717) is 11.3 Å². The molecule has 0 aliphatic heterocycles. The van der Waals surface area contributed by atoms with E-state index in [0.717, 1.165) is 11.3 Å². The first-order chi connectivity index (χ1) is 9.63. The summed E-state index contributed by atoms with van der Waals surface area (Å²) in [5, 5.41) is 11.7. The Morgan fingerprint density at radius 2 is 1.80 bits per heavy atom. The van der Waals surface area contributed by atoms with Gasteiger partial charge in [0.2, 0.25) is 0 Å². The minimum atomic E-state index is 0.0957. The summed E-state index contributed by atoms with van der Waals surface area (Å²) < 4.78 is 5.77. The van der Waals surface area contributed by atoms with Gasteiger partial charge in [0.15, 0.2) is 5.84 Å². The number of amidine groups is 1. The topological polar surface area (TPSA) is 67.8 Å². The molecule has 20 heavy (non-hydrogen) atoms. The second kappa shape index (κ2) is 6.34. The highest BCUT2D eigenvalue weighted by molar-refractivity contribution is 7.98. The van der Waals surface area contributed by atoms with Crippen molar-refractivity contribution in [3.05, 3.63) is 53.6 Å². The minimum absolute atomic E-state index is 0.0957. The van der Waals surface area contributed by atoms with E-state index >= 15 is 0 Å². The number of benzene rings is 2. The van der Waals surface area contributed by atoms with Crippen molar-refractivity contribution in [3.63, 3.8) is 0 Å². The van der Waals surface area contributed by atoms with Crippen LogP contribution in [0.2, 0.25) is 0 Å². The highest BCUT2D eigenvalue weighted by Gasteiger charge is 2.06. The molecule has 0 spiro atoms. The Kier molecular flexibility index (Phi) is 4.53. The van der Waals surface area contributed by atoms with Gasteiger partial charge in [0.1, 0.15) is 11.5 Å². The molecule has 3 N–H and O–H groups in total. The van der Waals surface area contributed by atoms with Crippen molar-refractivity contribution in [2.24, 2.45) is 10.9 Å². The third-order valence-corrected chi connectivity index (χ3v) is 3.62. The third-order valence-electron chi connectivity index (χ3n) is 2.88. The summed E-state index contributed by atoms with van der Waals surface area (Å²) in [7, 11) is 0. The number of nitrogens with two attached hydrogens (primary N) is 1. The molecule has 0 radical (unpaired) electrons. The van der Waals surface area contributed by atoms with Gasteiger partial charge in [-0.05, 0) is 61.2 Å². The van der Waals surface area contributed by atoms with Crippen molar-refractivity contribution in [2.45, 2.75) is 11.8 Å². The Bertz CT molecular complexity index is 624. The molecule has 0 saturated carbocycles. The van der Waals surface area contributed by atoms with Gasteiger partial charge in [-0.15, -0.1) is 11.8 Å². The monoisotopic (exact) mass is 288 g/mol. The van der Waals surface area contributed by atoms with Crippen LogP contribution in [0.3, 0.4) is 0 Å². The van der Waals surface area contributed by atoms with Crippen LogP contribution in [0.1, 0.15) is 11.1 Å². The van der Waals surface area contributed by atoms with Crippen LogP contribution in [-0.4, -0.2) is 17.3 Å². The van der Waals surface area contributed by atoms with Gasteiger partial charge in [-0.2, -0.15) is 0 Å². The van der Waals surface area contributed by atoms with Gasteiger partial charge >= 0.3 is 0 Å². The molecule has 0 heterocycles. The second-order valence-electron chi connectivity index (χ2n) is 4.24. The van der Waals surface area contributed by atoms with Gasteiger partial charge in [0.25, 0.3) is 0 Å². The number of hydrogen-bond acceptors (Lipinski definition) is 4. The summed E-state index contributed by atoms with van der Waals surface area (Å²) in [6, 6.07) is 13.3. The number of hydrogen-bond donors (Lipinski definition) is 2. The van der Waals surface area contributed by atoms with Crippen LogP contribution in [0.25, 0.3) is 0 Å². The number of oxime groups is 1. The van der Waals surface area contributed by atoms with Crippen molar-refractivity contribution in [1.29, 1.82) is 0 Å². The molecule has 0 amide bonds. The van der Waals surface area contributed by atoms with Crippen LogP contribution in [0.5, 0.6) is 11.5 Å². The molecular formula is C15H16N2O2S. The van der Waals surface area contributed by atoms with Gasteiger partial charge in [0.05, 0.1) is 0 Å². The van der Waals surface area contributed by atoms with Gasteiger partial charge in [-0.25, -0.2) is 0 Å². The molecular weight excluding hydrogens is 272 g/mol.